The summed E-state index contributed by atoms with van der Waals surface area (Å²) in [4.78, 5) is 12.4. The maximum absolute atomic E-state index is 12.9. The minimum Gasteiger partial charge on any atom is -0.493 e. The van der Waals surface area contributed by atoms with Crippen LogP contribution in [0.5, 0.6) is 11.5 Å². The number of terminal acetylenes is 1. The van der Waals surface area contributed by atoms with Crippen molar-refractivity contribution in [3.8, 4) is 23.8 Å². The van der Waals surface area contributed by atoms with Crippen molar-refractivity contribution in [2.45, 2.75) is 25.1 Å². The van der Waals surface area contributed by atoms with Crippen molar-refractivity contribution in [2.75, 3.05) is 13.7 Å². The Balaban J connectivity index is 1.59. The Morgan fingerprint density at radius 1 is 1.24 bits per heavy atom. The third kappa shape index (κ3) is 5.02. The summed E-state index contributed by atoms with van der Waals surface area (Å²) in [5.74, 6) is 2.68. The van der Waals surface area contributed by atoms with Gasteiger partial charge >= 0.3 is 6.18 Å². The van der Waals surface area contributed by atoms with E-state index in [1.165, 1.54) is 13.2 Å². The number of rotatable bonds is 7. The van der Waals surface area contributed by atoms with Gasteiger partial charge in [-0.3, -0.25) is 4.79 Å². The highest BCUT2D eigenvalue weighted by atomic mass is 19.4. The molecule has 2 atom stereocenters. The Labute approximate surface area is 167 Å². The second-order valence-electron chi connectivity index (χ2n) is 6.77. The van der Waals surface area contributed by atoms with Crippen molar-refractivity contribution in [1.29, 1.82) is 0 Å². The molecule has 1 saturated carbocycles. The molecule has 1 aliphatic rings. The van der Waals surface area contributed by atoms with E-state index in [9.17, 15) is 18.0 Å². The summed E-state index contributed by atoms with van der Waals surface area (Å²) < 4.78 is 49.3. The van der Waals surface area contributed by atoms with Gasteiger partial charge in [0.05, 0.1) is 12.7 Å². The molecule has 2 unspecified atom stereocenters. The molecule has 1 aliphatic carbocycles. The predicted molar refractivity (Wildman–Crippen MR) is 101 cm³/mol. The number of alkyl halides is 3. The first-order chi connectivity index (χ1) is 13.8. The van der Waals surface area contributed by atoms with E-state index in [1.54, 1.807) is 24.3 Å². The third-order valence-electron chi connectivity index (χ3n) is 4.78. The number of amides is 1. The van der Waals surface area contributed by atoms with E-state index in [-0.39, 0.29) is 30.9 Å². The highest BCUT2D eigenvalue weighted by Gasteiger charge is 2.44. The van der Waals surface area contributed by atoms with Crippen LogP contribution in [0.4, 0.5) is 13.2 Å². The van der Waals surface area contributed by atoms with E-state index in [2.05, 4.69) is 11.2 Å². The van der Waals surface area contributed by atoms with E-state index in [1.807, 2.05) is 0 Å². The minimum absolute atomic E-state index is 0.0902. The number of hydrogen-bond acceptors (Lipinski definition) is 3. The van der Waals surface area contributed by atoms with Gasteiger partial charge in [-0.15, -0.1) is 6.42 Å². The normalized spacial score (nSPS) is 17.9. The maximum atomic E-state index is 12.9. The summed E-state index contributed by atoms with van der Waals surface area (Å²) in [5, 5.41) is 2.83. The lowest BCUT2D eigenvalue weighted by Gasteiger charge is -2.11. The summed E-state index contributed by atoms with van der Waals surface area (Å²) in [5.41, 5.74) is 0.635. The fraction of sp³-hybridized carbons (Fsp3) is 0.318. The molecule has 4 nitrogen and oxygen atoms in total. The molecule has 29 heavy (non-hydrogen) atoms. The molecule has 0 saturated heterocycles. The standard InChI is InChI=1S/C22H20F3NO3/c1-3-9-29-20-10-14(7-8-19(20)28-2)13-26-21(27)18-12-17(18)15-5-4-6-16(11-15)22(23,24)25/h1,4-8,10-11,17-18H,9,12-13H2,2H3,(H,26,27). The molecule has 1 fully saturated rings. The van der Waals surface area contributed by atoms with Gasteiger partial charge in [0.2, 0.25) is 5.91 Å². The number of carbonyl (C=O) groups is 1. The molecule has 0 radical (unpaired) electrons. The zero-order valence-electron chi connectivity index (χ0n) is 15.8. The molecule has 152 valence electrons. The van der Waals surface area contributed by atoms with Gasteiger partial charge in [0.25, 0.3) is 0 Å². The second kappa shape index (κ2) is 8.48. The van der Waals surface area contributed by atoms with Gasteiger partial charge in [-0.05, 0) is 41.7 Å². The largest absolute Gasteiger partial charge is 0.493 e. The van der Waals surface area contributed by atoms with Crippen LogP contribution in [0.2, 0.25) is 0 Å². The summed E-state index contributed by atoms with van der Waals surface area (Å²) in [6.07, 6.45) is 1.34. The molecule has 7 heteroatoms. The van der Waals surface area contributed by atoms with Crippen molar-refractivity contribution >= 4 is 5.91 Å². The van der Waals surface area contributed by atoms with Gasteiger partial charge in [0.15, 0.2) is 11.5 Å². The molecular formula is C22H20F3NO3. The average molecular weight is 403 g/mol. The number of ether oxygens (including phenoxy) is 2. The minimum atomic E-state index is -4.39. The quantitative estimate of drug-likeness (QED) is 0.707. The number of nitrogens with one attached hydrogen (secondary N) is 1. The van der Waals surface area contributed by atoms with E-state index in [4.69, 9.17) is 15.9 Å². The topological polar surface area (TPSA) is 47.6 Å². The summed E-state index contributed by atoms with van der Waals surface area (Å²) in [6, 6.07) is 10.4. The zero-order valence-corrected chi connectivity index (χ0v) is 15.8. The van der Waals surface area contributed by atoms with Crippen molar-refractivity contribution in [3.05, 3.63) is 59.2 Å². The highest BCUT2D eigenvalue weighted by Crippen LogP contribution is 2.48. The molecule has 0 aliphatic heterocycles. The van der Waals surface area contributed by atoms with Gasteiger partial charge in [-0.2, -0.15) is 13.2 Å². The molecule has 0 bridgehead atoms. The van der Waals surface area contributed by atoms with Crippen LogP contribution in [0, 0.1) is 18.3 Å². The monoisotopic (exact) mass is 403 g/mol. The van der Waals surface area contributed by atoms with E-state index >= 15 is 0 Å². The van der Waals surface area contributed by atoms with Gasteiger partial charge in [0, 0.05) is 12.5 Å². The predicted octanol–water partition coefficient (Wildman–Crippen LogP) is 4.15. The first-order valence-electron chi connectivity index (χ1n) is 9.01. The lowest BCUT2D eigenvalue weighted by molar-refractivity contribution is -0.137. The zero-order chi connectivity index (χ0) is 21.0. The molecular weight excluding hydrogens is 383 g/mol. The van der Waals surface area contributed by atoms with Gasteiger partial charge in [0.1, 0.15) is 6.61 Å². The molecule has 3 rings (SSSR count). The second-order valence-corrected chi connectivity index (χ2v) is 6.77. The van der Waals surface area contributed by atoms with Gasteiger partial charge in [-0.1, -0.05) is 30.2 Å². The average Bonchev–Trinajstić information content (AvgIpc) is 3.51. The van der Waals surface area contributed by atoms with Gasteiger partial charge < -0.3 is 14.8 Å². The molecule has 2 aromatic rings. The van der Waals surface area contributed by atoms with E-state index in [0.717, 1.165) is 17.7 Å². The number of carbonyl (C=O) groups excluding carboxylic acids is 1. The number of methoxy groups -OCH3 is 1. The Bertz CT molecular complexity index is 934. The van der Waals surface area contributed by atoms with Crippen LogP contribution in [0.1, 0.15) is 29.0 Å². The summed E-state index contributed by atoms with van der Waals surface area (Å²) in [6.45, 7) is 0.355. The Morgan fingerprint density at radius 3 is 2.72 bits per heavy atom. The van der Waals surface area contributed by atoms with Crippen LogP contribution < -0.4 is 14.8 Å². The fourth-order valence-electron chi connectivity index (χ4n) is 3.18. The number of benzene rings is 2. The Kier molecular flexibility index (Phi) is 6.02. The summed E-state index contributed by atoms with van der Waals surface area (Å²) in [7, 11) is 1.51. The smallest absolute Gasteiger partial charge is 0.416 e. The van der Waals surface area contributed by atoms with Crippen LogP contribution in [0.15, 0.2) is 42.5 Å². The van der Waals surface area contributed by atoms with E-state index in [0.29, 0.717) is 23.5 Å². The molecule has 2 aromatic carbocycles. The molecule has 1 amide bonds. The lowest BCUT2D eigenvalue weighted by Crippen LogP contribution is -2.24. The Morgan fingerprint density at radius 2 is 2.03 bits per heavy atom. The van der Waals surface area contributed by atoms with Crippen LogP contribution in [-0.4, -0.2) is 19.6 Å². The highest BCUT2D eigenvalue weighted by molar-refractivity contribution is 5.82. The number of hydrogen-bond donors (Lipinski definition) is 1. The van der Waals surface area contributed by atoms with Crippen LogP contribution in [0.25, 0.3) is 0 Å². The molecule has 0 spiro atoms. The lowest BCUT2D eigenvalue weighted by atomic mass is 10.1. The van der Waals surface area contributed by atoms with Crippen molar-refractivity contribution in [1.82, 2.24) is 5.32 Å². The fourth-order valence-corrected chi connectivity index (χ4v) is 3.18. The van der Waals surface area contributed by atoms with Crippen molar-refractivity contribution in [2.24, 2.45) is 5.92 Å². The van der Waals surface area contributed by atoms with Crippen LogP contribution >= 0.6 is 0 Å². The van der Waals surface area contributed by atoms with Crippen LogP contribution in [-0.2, 0) is 17.5 Å². The van der Waals surface area contributed by atoms with Crippen LogP contribution in [0.3, 0.4) is 0 Å². The first-order valence-corrected chi connectivity index (χ1v) is 9.01. The SMILES string of the molecule is C#CCOc1cc(CNC(=O)C2CC2c2cccc(C(F)(F)F)c2)ccc1OC. The summed E-state index contributed by atoms with van der Waals surface area (Å²) >= 11 is 0. The third-order valence-corrected chi connectivity index (χ3v) is 4.78. The number of halogens is 3. The maximum Gasteiger partial charge on any atom is 0.416 e. The first kappa shape index (κ1) is 20.6. The molecule has 0 heterocycles. The van der Waals surface area contributed by atoms with Gasteiger partial charge in [-0.25, -0.2) is 0 Å². The van der Waals surface area contributed by atoms with E-state index < -0.39 is 11.7 Å². The van der Waals surface area contributed by atoms with Crippen molar-refractivity contribution < 1.29 is 27.4 Å². The molecule has 1 N–H and O–H groups in total. The Hall–Kier alpha value is -3.14. The molecule has 0 aromatic heterocycles. The van der Waals surface area contributed by atoms with Crippen molar-refractivity contribution in [3.63, 3.8) is 0 Å².